The number of nitrogens with zero attached hydrogens (tertiary/aromatic N) is 2. The molecule has 164 valence electrons. The number of ether oxygens (including phenoxy) is 2. The van der Waals surface area contributed by atoms with Crippen molar-refractivity contribution >= 4 is 5.96 Å². The van der Waals surface area contributed by atoms with E-state index in [4.69, 9.17) is 14.5 Å². The molecule has 2 N–H and O–H groups in total. The first-order chi connectivity index (χ1) is 14.7. The van der Waals surface area contributed by atoms with E-state index in [0.717, 1.165) is 50.7 Å². The lowest BCUT2D eigenvalue weighted by Crippen LogP contribution is -2.48. The Labute approximate surface area is 180 Å². The third kappa shape index (κ3) is 4.17. The molecule has 0 aromatic heterocycles. The third-order valence-electron chi connectivity index (χ3n) is 7.28. The summed E-state index contributed by atoms with van der Waals surface area (Å²) in [7, 11) is 0. The average Bonchev–Trinajstić information content (AvgIpc) is 3.41. The number of hydrogen-bond donors (Lipinski definition) is 2. The molecule has 0 radical (unpaired) electrons. The van der Waals surface area contributed by atoms with Crippen LogP contribution in [-0.2, 0) is 4.74 Å². The largest absolute Gasteiger partial charge is 0.487 e. The number of rotatable bonds is 4. The summed E-state index contributed by atoms with van der Waals surface area (Å²) in [5.74, 6) is 1.93. The smallest absolute Gasteiger partial charge is 0.191 e. The summed E-state index contributed by atoms with van der Waals surface area (Å²) < 4.78 is 12.6. The fourth-order valence-corrected chi connectivity index (χ4v) is 5.75. The summed E-state index contributed by atoms with van der Waals surface area (Å²) in [4.78, 5) is 7.52. The van der Waals surface area contributed by atoms with Gasteiger partial charge in [-0.2, -0.15) is 0 Å². The van der Waals surface area contributed by atoms with Gasteiger partial charge in [0.2, 0.25) is 0 Å². The minimum absolute atomic E-state index is 0.0133. The van der Waals surface area contributed by atoms with Gasteiger partial charge in [0.1, 0.15) is 11.4 Å². The van der Waals surface area contributed by atoms with Gasteiger partial charge in [0.15, 0.2) is 5.96 Å². The molecule has 4 aliphatic rings. The maximum absolute atomic E-state index is 6.52. The first kappa shape index (κ1) is 20.1. The zero-order chi connectivity index (χ0) is 20.4. The molecule has 3 heterocycles. The summed E-state index contributed by atoms with van der Waals surface area (Å²) in [6.07, 6.45) is 8.62. The van der Waals surface area contributed by atoms with Crippen molar-refractivity contribution in [2.75, 3.05) is 32.8 Å². The van der Waals surface area contributed by atoms with E-state index in [1.807, 2.05) is 0 Å². The molecule has 1 aromatic carbocycles. The first-order valence-corrected chi connectivity index (χ1v) is 11.9. The summed E-state index contributed by atoms with van der Waals surface area (Å²) in [6, 6.07) is 9.36. The molecule has 5 rings (SSSR count). The van der Waals surface area contributed by atoms with Crippen molar-refractivity contribution in [1.82, 2.24) is 15.5 Å². The first-order valence-electron chi connectivity index (χ1n) is 11.9. The molecule has 30 heavy (non-hydrogen) atoms. The Bertz CT molecular complexity index is 761. The molecule has 6 heteroatoms. The lowest BCUT2D eigenvalue weighted by Gasteiger charge is -2.40. The van der Waals surface area contributed by atoms with E-state index in [1.165, 1.54) is 37.8 Å². The number of aliphatic imine (C=N–C) groups is 1. The molecule has 2 saturated heterocycles. The van der Waals surface area contributed by atoms with Gasteiger partial charge in [0, 0.05) is 31.1 Å². The maximum Gasteiger partial charge on any atom is 0.191 e. The quantitative estimate of drug-likeness (QED) is 0.587. The van der Waals surface area contributed by atoms with Crippen molar-refractivity contribution in [3.63, 3.8) is 0 Å². The standard InChI is InChI=1S/C24H36N4O2/c1-2-25-23(26-15-19-16-28-13-7-8-18(28)17-29-19)27-21-14-24(11-5-6-12-24)30-22-10-4-3-9-20(21)22/h3-4,9-10,18-19,21H,2,5-8,11-17H2,1H3,(H2,25,26,27). The highest BCUT2D eigenvalue weighted by molar-refractivity contribution is 5.80. The number of nitrogens with one attached hydrogen (secondary N) is 2. The molecule has 3 unspecified atom stereocenters. The topological polar surface area (TPSA) is 58.1 Å². The fraction of sp³-hybridized carbons (Fsp3) is 0.708. The molecule has 1 aliphatic carbocycles. The van der Waals surface area contributed by atoms with Crippen LogP contribution in [0, 0.1) is 0 Å². The van der Waals surface area contributed by atoms with Gasteiger partial charge < -0.3 is 20.1 Å². The molecule has 3 atom stereocenters. The van der Waals surface area contributed by atoms with Gasteiger partial charge in [-0.25, -0.2) is 0 Å². The Kier molecular flexibility index (Phi) is 5.87. The second kappa shape index (κ2) is 8.75. The molecule has 1 spiro atoms. The van der Waals surface area contributed by atoms with Crippen LogP contribution in [0.2, 0.25) is 0 Å². The molecular weight excluding hydrogens is 376 g/mol. The number of fused-ring (bicyclic) bond motifs is 2. The predicted molar refractivity (Wildman–Crippen MR) is 119 cm³/mol. The molecule has 1 saturated carbocycles. The molecule has 6 nitrogen and oxygen atoms in total. The van der Waals surface area contributed by atoms with Crippen LogP contribution in [0.3, 0.4) is 0 Å². The van der Waals surface area contributed by atoms with Crippen LogP contribution in [0.15, 0.2) is 29.3 Å². The lowest BCUT2D eigenvalue weighted by molar-refractivity contribution is -0.0432. The number of guanidine groups is 1. The van der Waals surface area contributed by atoms with Gasteiger partial charge in [-0.1, -0.05) is 18.2 Å². The van der Waals surface area contributed by atoms with E-state index < -0.39 is 0 Å². The monoisotopic (exact) mass is 412 g/mol. The summed E-state index contributed by atoms with van der Waals surface area (Å²) in [5.41, 5.74) is 1.23. The van der Waals surface area contributed by atoms with E-state index >= 15 is 0 Å². The van der Waals surface area contributed by atoms with Crippen LogP contribution >= 0.6 is 0 Å². The minimum atomic E-state index is -0.0133. The maximum atomic E-state index is 6.52. The Morgan fingerprint density at radius 2 is 2.10 bits per heavy atom. The summed E-state index contributed by atoms with van der Waals surface area (Å²) >= 11 is 0. The van der Waals surface area contributed by atoms with E-state index in [-0.39, 0.29) is 17.7 Å². The van der Waals surface area contributed by atoms with E-state index in [2.05, 4.69) is 46.7 Å². The van der Waals surface area contributed by atoms with Gasteiger partial charge in [0.25, 0.3) is 0 Å². The minimum Gasteiger partial charge on any atom is -0.487 e. The van der Waals surface area contributed by atoms with Crippen molar-refractivity contribution in [2.45, 2.75) is 75.7 Å². The van der Waals surface area contributed by atoms with Gasteiger partial charge in [-0.05, 0) is 58.1 Å². The Balaban J connectivity index is 1.29. The van der Waals surface area contributed by atoms with Crippen molar-refractivity contribution in [3.05, 3.63) is 29.8 Å². The highest BCUT2D eigenvalue weighted by Crippen LogP contribution is 2.46. The summed E-state index contributed by atoms with van der Waals surface area (Å²) in [5, 5.41) is 7.19. The normalized spacial score (nSPS) is 30.6. The molecule has 3 fully saturated rings. The van der Waals surface area contributed by atoms with Crippen LogP contribution in [0.1, 0.15) is 63.5 Å². The van der Waals surface area contributed by atoms with E-state index in [1.54, 1.807) is 0 Å². The highest BCUT2D eigenvalue weighted by Gasteiger charge is 2.43. The second-order valence-electron chi connectivity index (χ2n) is 9.40. The van der Waals surface area contributed by atoms with Crippen molar-refractivity contribution in [1.29, 1.82) is 0 Å². The fourth-order valence-electron chi connectivity index (χ4n) is 5.75. The highest BCUT2D eigenvalue weighted by atomic mass is 16.5. The number of morpholine rings is 1. The lowest BCUT2D eigenvalue weighted by atomic mass is 9.86. The SMILES string of the molecule is CCNC(=NCC1CN2CCCC2CO1)NC1CC2(CCCC2)Oc2ccccc21. The summed E-state index contributed by atoms with van der Waals surface area (Å²) in [6.45, 7) is 6.76. The zero-order valence-corrected chi connectivity index (χ0v) is 18.2. The van der Waals surface area contributed by atoms with Crippen LogP contribution in [0.4, 0.5) is 0 Å². The molecular formula is C24H36N4O2. The Hall–Kier alpha value is -1.79. The number of para-hydroxylation sites is 1. The van der Waals surface area contributed by atoms with Gasteiger partial charge in [-0.15, -0.1) is 0 Å². The van der Waals surface area contributed by atoms with Crippen molar-refractivity contribution in [2.24, 2.45) is 4.99 Å². The van der Waals surface area contributed by atoms with Gasteiger partial charge in [-0.3, -0.25) is 9.89 Å². The molecule has 3 aliphatic heterocycles. The van der Waals surface area contributed by atoms with Crippen molar-refractivity contribution in [3.8, 4) is 5.75 Å². The van der Waals surface area contributed by atoms with Crippen LogP contribution in [0.5, 0.6) is 5.75 Å². The van der Waals surface area contributed by atoms with Crippen LogP contribution in [-0.4, -0.2) is 61.4 Å². The second-order valence-corrected chi connectivity index (χ2v) is 9.40. The third-order valence-corrected chi connectivity index (χ3v) is 7.28. The van der Waals surface area contributed by atoms with Crippen LogP contribution < -0.4 is 15.4 Å². The van der Waals surface area contributed by atoms with Crippen molar-refractivity contribution < 1.29 is 9.47 Å². The number of benzene rings is 1. The number of hydrogen-bond acceptors (Lipinski definition) is 4. The molecule has 0 amide bonds. The Morgan fingerprint density at radius 3 is 2.97 bits per heavy atom. The molecule has 0 bridgehead atoms. The average molecular weight is 413 g/mol. The van der Waals surface area contributed by atoms with Gasteiger partial charge >= 0.3 is 0 Å². The predicted octanol–water partition coefficient (Wildman–Crippen LogP) is 3.24. The Morgan fingerprint density at radius 1 is 1.23 bits per heavy atom. The van der Waals surface area contributed by atoms with Gasteiger partial charge in [0.05, 0.1) is 25.3 Å². The van der Waals surface area contributed by atoms with Crippen LogP contribution in [0.25, 0.3) is 0 Å². The zero-order valence-electron chi connectivity index (χ0n) is 18.2. The van der Waals surface area contributed by atoms with E-state index in [9.17, 15) is 0 Å². The van der Waals surface area contributed by atoms with E-state index in [0.29, 0.717) is 12.6 Å². The molecule has 1 aromatic rings.